The fourth-order valence-corrected chi connectivity index (χ4v) is 3.31. The number of aliphatic imine (C=N–C) groups is 1. The van der Waals surface area contributed by atoms with Crippen LogP contribution in [-0.4, -0.2) is 22.3 Å². The van der Waals surface area contributed by atoms with Gasteiger partial charge in [0.15, 0.2) is 0 Å². The summed E-state index contributed by atoms with van der Waals surface area (Å²) in [5.74, 6) is 0.556. The lowest BCUT2D eigenvalue weighted by atomic mass is 9.80. The lowest BCUT2D eigenvalue weighted by Crippen LogP contribution is -2.24. The largest absolute Gasteiger partial charge is 0.445 e. The maximum atomic E-state index is 9.69. The molecule has 6 nitrogen and oxygen atoms in total. The molecule has 1 aromatic heterocycles. The van der Waals surface area contributed by atoms with E-state index in [4.69, 9.17) is 10.5 Å². The lowest BCUT2D eigenvalue weighted by molar-refractivity contribution is 0.283. The summed E-state index contributed by atoms with van der Waals surface area (Å²) in [6.07, 6.45) is 7.36. The van der Waals surface area contributed by atoms with E-state index in [0.29, 0.717) is 11.3 Å². The number of hydrogen-bond acceptors (Lipinski definition) is 5. The van der Waals surface area contributed by atoms with E-state index in [1.54, 1.807) is 19.6 Å². The highest BCUT2D eigenvalue weighted by molar-refractivity contribution is 6.02. The van der Waals surface area contributed by atoms with Crippen molar-refractivity contribution in [2.45, 2.75) is 46.5 Å². The van der Waals surface area contributed by atoms with Gasteiger partial charge in [0.25, 0.3) is 0 Å². The van der Waals surface area contributed by atoms with Crippen LogP contribution in [0.25, 0.3) is 5.69 Å². The summed E-state index contributed by atoms with van der Waals surface area (Å²) in [6.45, 7) is 8.15. The first-order valence-electron chi connectivity index (χ1n) is 9.84. The fraction of sp³-hybridized carbons (Fsp3) is 0.348. The number of imidazole rings is 1. The zero-order chi connectivity index (χ0) is 21.4. The number of nitrogens with two attached hydrogens (primary N) is 1. The Labute approximate surface area is 173 Å². The SMILES string of the molecule is CCC.CCC(=NC)C1=C(C)OC(N)=C(C#N)C1c1ccc(-n2ccnc2)cc1. The van der Waals surface area contributed by atoms with E-state index < -0.39 is 0 Å². The van der Waals surface area contributed by atoms with E-state index in [1.807, 2.05) is 48.9 Å². The first kappa shape index (κ1) is 22.0. The maximum absolute atomic E-state index is 9.69. The summed E-state index contributed by atoms with van der Waals surface area (Å²) in [5.41, 5.74) is 10.2. The molecule has 29 heavy (non-hydrogen) atoms. The van der Waals surface area contributed by atoms with E-state index in [9.17, 15) is 5.26 Å². The molecule has 1 unspecified atom stereocenters. The average Bonchev–Trinajstić information content (AvgIpc) is 3.25. The van der Waals surface area contributed by atoms with Crippen molar-refractivity contribution in [3.05, 3.63) is 71.3 Å². The molecule has 2 N–H and O–H groups in total. The quantitative estimate of drug-likeness (QED) is 0.754. The van der Waals surface area contributed by atoms with Gasteiger partial charge in [0.1, 0.15) is 17.4 Å². The molecule has 0 bridgehead atoms. The smallest absolute Gasteiger partial charge is 0.205 e. The summed E-state index contributed by atoms with van der Waals surface area (Å²) in [4.78, 5) is 8.47. The average molecular weight is 392 g/mol. The molecule has 1 aliphatic heterocycles. The van der Waals surface area contributed by atoms with Crippen molar-refractivity contribution >= 4 is 5.71 Å². The molecule has 2 heterocycles. The van der Waals surface area contributed by atoms with Crippen molar-refractivity contribution < 1.29 is 4.74 Å². The van der Waals surface area contributed by atoms with Crippen molar-refractivity contribution in [1.82, 2.24) is 9.55 Å². The molecule has 0 radical (unpaired) electrons. The number of nitriles is 1. The highest BCUT2D eigenvalue weighted by atomic mass is 16.5. The highest BCUT2D eigenvalue weighted by Gasteiger charge is 2.33. The molecule has 0 spiro atoms. The number of hydrogen-bond donors (Lipinski definition) is 1. The van der Waals surface area contributed by atoms with Crippen LogP contribution >= 0.6 is 0 Å². The summed E-state index contributed by atoms with van der Waals surface area (Å²) < 4.78 is 7.57. The van der Waals surface area contributed by atoms with Crippen LogP contribution in [0.2, 0.25) is 0 Å². The van der Waals surface area contributed by atoms with Crippen LogP contribution in [0, 0.1) is 11.3 Å². The van der Waals surface area contributed by atoms with Crippen molar-refractivity contribution in [2.24, 2.45) is 10.7 Å². The second-order valence-electron chi connectivity index (χ2n) is 6.69. The number of nitrogens with zero attached hydrogens (tertiary/aromatic N) is 4. The molecule has 1 atom stereocenters. The van der Waals surface area contributed by atoms with E-state index >= 15 is 0 Å². The Morgan fingerprint density at radius 3 is 2.41 bits per heavy atom. The summed E-state index contributed by atoms with van der Waals surface area (Å²) in [5, 5.41) is 9.69. The molecular weight excluding hydrogens is 362 g/mol. The summed E-state index contributed by atoms with van der Waals surface area (Å²) in [6, 6.07) is 10.2. The Kier molecular flexibility index (Phi) is 7.79. The van der Waals surface area contributed by atoms with Crippen molar-refractivity contribution in [2.75, 3.05) is 7.05 Å². The molecule has 0 saturated carbocycles. The van der Waals surface area contributed by atoms with Crippen LogP contribution in [0.3, 0.4) is 0 Å². The molecule has 152 valence electrons. The molecule has 1 aromatic carbocycles. The molecule has 1 aliphatic rings. The molecular formula is C23H29N5O. The minimum Gasteiger partial charge on any atom is -0.445 e. The third-order valence-corrected chi connectivity index (χ3v) is 4.55. The number of aromatic nitrogens is 2. The number of rotatable bonds is 4. The second kappa shape index (κ2) is 10.3. The van der Waals surface area contributed by atoms with Gasteiger partial charge in [0.2, 0.25) is 5.88 Å². The number of ether oxygens (including phenoxy) is 1. The Bertz CT molecular complexity index is 944. The van der Waals surface area contributed by atoms with Crippen LogP contribution < -0.4 is 5.73 Å². The Balaban J connectivity index is 0.000000941. The number of allylic oxidation sites excluding steroid dienone is 3. The molecule has 0 saturated heterocycles. The predicted molar refractivity (Wildman–Crippen MR) is 117 cm³/mol. The van der Waals surface area contributed by atoms with Gasteiger partial charge in [-0.25, -0.2) is 4.98 Å². The van der Waals surface area contributed by atoms with Gasteiger partial charge in [0, 0.05) is 36.4 Å². The topological polar surface area (TPSA) is 89.2 Å². The second-order valence-corrected chi connectivity index (χ2v) is 6.69. The third-order valence-electron chi connectivity index (χ3n) is 4.55. The Morgan fingerprint density at radius 1 is 1.28 bits per heavy atom. The lowest BCUT2D eigenvalue weighted by Gasteiger charge is -2.29. The zero-order valence-electron chi connectivity index (χ0n) is 17.8. The summed E-state index contributed by atoms with van der Waals surface area (Å²) in [7, 11) is 1.76. The molecule has 3 rings (SSSR count). The van der Waals surface area contributed by atoms with Crippen LogP contribution in [0.4, 0.5) is 0 Å². The van der Waals surface area contributed by atoms with Crippen LogP contribution in [0.1, 0.15) is 52.0 Å². The van der Waals surface area contributed by atoms with Gasteiger partial charge in [0.05, 0.1) is 12.2 Å². The van der Waals surface area contributed by atoms with Crippen LogP contribution in [-0.2, 0) is 4.74 Å². The van der Waals surface area contributed by atoms with E-state index in [2.05, 4.69) is 29.9 Å². The molecule has 6 heteroatoms. The molecule has 2 aromatic rings. The van der Waals surface area contributed by atoms with Crippen LogP contribution in [0.5, 0.6) is 0 Å². The zero-order valence-corrected chi connectivity index (χ0v) is 17.8. The fourth-order valence-electron chi connectivity index (χ4n) is 3.31. The van der Waals surface area contributed by atoms with Gasteiger partial charge < -0.3 is 15.0 Å². The number of benzene rings is 1. The minimum absolute atomic E-state index is 0.156. The monoisotopic (exact) mass is 391 g/mol. The third kappa shape index (κ3) is 4.75. The van der Waals surface area contributed by atoms with Gasteiger partial charge in [-0.05, 0) is 31.0 Å². The van der Waals surface area contributed by atoms with Gasteiger partial charge in [-0.3, -0.25) is 4.99 Å². The first-order chi connectivity index (χ1) is 14.0. The van der Waals surface area contributed by atoms with E-state index in [0.717, 1.165) is 29.0 Å². The van der Waals surface area contributed by atoms with Gasteiger partial charge in [-0.2, -0.15) is 5.26 Å². The molecule has 0 fully saturated rings. The molecule has 0 aliphatic carbocycles. The summed E-state index contributed by atoms with van der Waals surface area (Å²) >= 11 is 0. The first-order valence-corrected chi connectivity index (χ1v) is 9.84. The van der Waals surface area contributed by atoms with Crippen molar-refractivity contribution in [3.63, 3.8) is 0 Å². The van der Waals surface area contributed by atoms with Gasteiger partial charge >= 0.3 is 0 Å². The standard InChI is InChI=1S/C20H21N5O.C3H8/c1-4-17(23-3)18-13(2)26-20(22)16(11-21)19(18)14-5-7-15(8-6-14)25-10-9-24-12-25;1-3-2/h5-10,12,19H,4,22H2,1-3H3;3H2,1-2H3. The Morgan fingerprint density at radius 2 is 1.93 bits per heavy atom. The Hall–Kier alpha value is -3.33. The van der Waals surface area contributed by atoms with E-state index in [1.165, 1.54) is 6.42 Å². The minimum atomic E-state index is -0.288. The van der Waals surface area contributed by atoms with Gasteiger partial charge in [-0.15, -0.1) is 0 Å². The van der Waals surface area contributed by atoms with E-state index in [-0.39, 0.29) is 11.8 Å². The highest BCUT2D eigenvalue weighted by Crippen LogP contribution is 2.40. The predicted octanol–water partition coefficient (Wildman–Crippen LogP) is 4.85. The maximum Gasteiger partial charge on any atom is 0.205 e. The van der Waals surface area contributed by atoms with Crippen molar-refractivity contribution in [1.29, 1.82) is 5.26 Å². The normalized spacial score (nSPS) is 16.7. The van der Waals surface area contributed by atoms with Gasteiger partial charge in [-0.1, -0.05) is 39.3 Å². The van der Waals surface area contributed by atoms with Crippen LogP contribution in [0.15, 0.2) is 70.8 Å². The van der Waals surface area contributed by atoms with Crippen molar-refractivity contribution in [3.8, 4) is 11.8 Å². The molecule has 0 amide bonds.